The van der Waals surface area contributed by atoms with Crippen molar-refractivity contribution in [3.05, 3.63) is 35.9 Å². The van der Waals surface area contributed by atoms with Crippen LogP contribution in [0.1, 0.15) is 66.4 Å². The summed E-state index contributed by atoms with van der Waals surface area (Å²) >= 11 is 0. The fourth-order valence-electron chi connectivity index (χ4n) is 4.12. The Bertz CT molecular complexity index is 886. The molecule has 3 atom stereocenters. The van der Waals surface area contributed by atoms with Crippen molar-refractivity contribution in [2.24, 2.45) is 16.6 Å². The molecule has 8 heteroatoms. The number of primary amides is 1. The van der Waals surface area contributed by atoms with Gasteiger partial charge >= 0.3 is 0 Å². The lowest BCUT2D eigenvalue weighted by molar-refractivity contribution is -0.140. The van der Waals surface area contributed by atoms with Crippen molar-refractivity contribution in [3.63, 3.8) is 0 Å². The highest BCUT2D eigenvalue weighted by atomic mass is 16.2. The number of hydrogen-bond donors (Lipinski definition) is 3. The fourth-order valence-corrected chi connectivity index (χ4v) is 4.12. The van der Waals surface area contributed by atoms with E-state index < -0.39 is 23.9 Å². The van der Waals surface area contributed by atoms with Crippen LogP contribution in [0, 0.1) is 10.8 Å². The summed E-state index contributed by atoms with van der Waals surface area (Å²) in [6.45, 7) is 12.1. The normalized spacial score (nSPS) is 19.4. The van der Waals surface area contributed by atoms with E-state index in [0.717, 1.165) is 5.56 Å². The number of nitrogens with two attached hydrogens (primary N) is 1. The average Bonchev–Trinajstić information content (AvgIpc) is 3.09. The quantitative estimate of drug-likeness (QED) is 0.537. The molecule has 1 aromatic carbocycles. The van der Waals surface area contributed by atoms with Crippen molar-refractivity contribution in [2.75, 3.05) is 6.54 Å². The smallest absolute Gasteiger partial charge is 0.243 e. The SMILES string of the molecule is CC(C)(C)CC(=O)N[C@H]1C[C@@H](C(=O)N[C@H](Cc2ccccc2)C(N)=O)N(C(=O)CC(C)(C)C)C1. The van der Waals surface area contributed by atoms with Gasteiger partial charge in [-0.2, -0.15) is 0 Å². The Labute approximate surface area is 203 Å². The van der Waals surface area contributed by atoms with Gasteiger partial charge in [0.25, 0.3) is 0 Å². The summed E-state index contributed by atoms with van der Waals surface area (Å²) in [7, 11) is 0. The lowest BCUT2D eigenvalue weighted by Crippen LogP contribution is -2.53. The average molecular weight is 473 g/mol. The molecule has 2 rings (SSSR count). The highest BCUT2D eigenvalue weighted by Crippen LogP contribution is 2.26. The lowest BCUT2D eigenvalue weighted by atomic mass is 9.91. The van der Waals surface area contributed by atoms with Crippen LogP contribution >= 0.6 is 0 Å². The van der Waals surface area contributed by atoms with E-state index >= 15 is 0 Å². The van der Waals surface area contributed by atoms with Crippen LogP contribution < -0.4 is 16.4 Å². The van der Waals surface area contributed by atoms with Crippen LogP contribution in [0.25, 0.3) is 0 Å². The van der Waals surface area contributed by atoms with Gasteiger partial charge in [0.05, 0.1) is 0 Å². The zero-order valence-electron chi connectivity index (χ0n) is 21.3. The Morgan fingerprint density at radius 3 is 2.12 bits per heavy atom. The van der Waals surface area contributed by atoms with E-state index in [1.54, 1.807) is 0 Å². The van der Waals surface area contributed by atoms with Gasteiger partial charge in [0, 0.05) is 31.8 Å². The summed E-state index contributed by atoms with van der Waals surface area (Å²) in [6, 6.07) is 7.27. The van der Waals surface area contributed by atoms with Crippen LogP contribution in [-0.2, 0) is 25.6 Å². The van der Waals surface area contributed by atoms with Crippen molar-refractivity contribution in [3.8, 4) is 0 Å². The van der Waals surface area contributed by atoms with Gasteiger partial charge in [-0.1, -0.05) is 71.9 Å². The highest BCUT2D eigenvalue weighted by molar-refractivity contribution is 5.92. The Hall–Kier alpha value is -2.90. The van der Waals surface area contributed by atoms with Gasteiger partial charge in [-0.15, -0.1) is 0 Å². The van der Waals surface area contributed by atoms with E-state index in [-0.39, 0.29) is 54.5 Å². The molecule has 34 heavy (non-hydrogen) atoms. The second-order valence-electron chi connectivity index (χ2n) is 11.7. The van der Waals surface area contributed by atoms with E-state index in [1.165, 1.54) is 4.90 Å². The van der Waals surface area contributed by atoms with Gasteiger partial charge in [-0.05, 0) is 22.8 Å². The minimum Gasteiger partial charge on any atom is -0.368 e. The van der Waals surface area contributed by atoms with Gasteiger partial charge in [0.15, 0.2) is 0 Å². The summed E-state index contributed by atoms with van der Waals surface area (Å²) in [4.78, 5) is 52.4. The van der Waals surface area contributed by atoms with Crippen molar-refractivity contribution >= 4 is 23.6 Å². The third-order valence-corrected chi connectivity index (χ3v) is 5.60. The molecule has 0 aliphatic carbocycles. The zero-order valence-corrected chi connectivity index (χ0v) is 21.3. The van der Waals surface area contributed by atoms with Gasteiger partial charge in [0.2, 0.25) is 23.6 Å². The fraction of sp³-hybridized carbons (Fsp3) is 0.615. The Morgan fingerprint density at radius 1 is 1.00 bits per heavy atom. The highest BCUT2D eigenvalue weighted by Gasteiger charge is 2.41. The first kappa shape index (κ1) is 27.3. The molecule has 0 aromatic heterocycles. The summed E-state index contributed by atoms with van der Waals surface area (Å²) in [5, 5.41) is 5.73. The number of rotatable bonds is 8. The second-order valence-corrected chi connectivity index (χ2v) is 11.7. The molecule has 8 nitrogen and oxygen atoms in total. The number of carbonyl (C=O) groups is 4. The maximum atomic E-state index is 13.3. The van der Waals surface area contributed by atoms with Gasteiger partial charge in [-0.3, -0.25) is 19.2 Å². The van der Waals surface area contributed by atoms with E-state index in [4.69, 9.17) is 5.73 Å². The number of hydrogen-bond acceptors (Lipinski definition) is 4. The van der Waals surface area contributed by atoms with E-state index in [9.17, 15) is 19.2 Å². The largest absolute Gasteiger partial charge is 0.368 e. The molecule has 0 spiro atoms. The number of benzene rings is 1. The van der Waals surface area contributed by atoms with Crippen LogP contribution in [0.5, 0.6) is 0 Å². The first-order valence-electron chi connectivity index (χ1n) is 11.9. The molecule has 1 aromatic rings. The van der Waals surface area contributed by atoms with Gasteiger partial charge in [0.1, 0.15) is 12.1 Å². The predicted molar refractivity (Wildman–Crippen MR) is 131 cm³/mol. The van der Waals surface area contributed by atoms with Crippen LogP contribution in [0.3, 0.4) is 0 Å². The molecule has 188 valence electrons. The van der Waals surface area contributed by atoms with Gasteiger partial charge in [-0.25, -0.2) is 0 Å². The number of carbonyl (C=O) groups excluding carboxylic acids is 4. The molecule has 1 aliphatic rings. The van der Waals surface area contributed by atoms with Crippen LogP contribution in [0.2, 0.25) is 0 Å². The van der Waals surface area contributed by atoms with Crippen molar-refractivity contribution in [2.45, 2.75) is 85.4 Å². The topological polar surface area (TPSA) is 122 Å². The monoisotopic (exact) mass is 472 g/mol. The molecule has 1 aliphatic heterocycles. The third-order valence-electron chi connectivity index (χ3n) is 5.60. The summed E-state index contributed by atoms with van der Waals surface area (Å²) in [5.41, 5.74) is 6.01. The number of likely N-dealkylation sites (tertiary alicyclic amines) is 1. The van der Waals surface area contributed by atoms with Crippen molar-refractivity contribution < 1.29 is 19.2 Å². The summed E-state index contributed by atoms with van der Waals surface area (Å²) < 4.78 is 0. The minimum atomic E-state index is -0.899. The van der Waals surface area contributed by atoms with Gasteiger partial charge < -0.3 is 21.3 Å². The molecule has 1 fully saturated rings. The van der Waals surface area contributed by atoms with Crippen LogP contribution in [0.4, 0.5) is 0 Å². The second kappa shape index (κ2) is 11.0. The molecule has 4 amide bonds. The Morgan fingerprint density at radius 2 is 1.59 bits per heavy atom. The summed E-state index contributed by atoms with van der Waals surface area (Å²) in [5.74, 6) is -1.34. The minimum absolute atomic E-state index is 0.110. The van der Waals surface area contributed by atoms with Crippen LogP contribution in [0.15, 0.2) is 30.3 Å². The molecular formula is C26H40N4O4. The molecule has 1 heterocycles. The van der Waals surface area contributed by atoms with Crippen molar-refractivity contribution in [1.82, 2.24) is 15.5 Å². The molecule has 0 saturated carbocycles. The molecule has 0 radical (unpaired) electrons. The number of nitrogens with zero attached hydrogens (tertiary/aromatic N) is 1. The third kappa shape index (κ3) is 8.80. The first-order valence-corrected chi connectivity index (χ1v) is 11.9. The Balaban J connectivity index is 2.17. The van der Waals surface area contributed by atoms with E-state index in [2.05, 4.69) is 10.6 Å². The number of amides is 4. The molecule has 0 bridgehead atoms. The zero-order chi connectivity index (χ0) is 25.7. The predicted octanol–water partition coefficient (Wildman–Crippen LogP) is 2.16. The van der Waals surface area contributed by atoms with E-state index in [0.29, 0.717) is 6.42 Å². The molecule has 0 unspecified atom stereocenters. The standard InChI is InChI=1S/C26H40N4O4/c1-25(2,3)14-21(31)28-18-13-20(30(16-18)22(32)15-26(4,5)6)24(34)29-19(23(27)33)12-17-10-8-7-9-11-17/h7-11,18-20H,12-16H2,1-6H3,(H2,27,33)(H,28,31)(H,29,34)/t18-,19+,20-/m0/s1. The molecule has 4 N–H and O–H groups in total. The summed E-state index contributed by atoms with van der Waals surface area (Å²) in [6.07, 6.45) is 1.16. The number of nitrogens with one attached hydrogen (secondary N) is 2. The first-order chi connectivity index (χ1) is 15.6. The van der Waals surface area contributed by atoms with Crippen molar-refractivity contribution in [1.29, 1.82) is 0 Å². The van der Waals surface area contributed by atoms with Crippen LogP contribution in [-0.4, -0.2) is 53.2 Å². The molecular weight excluding hydrogens is 432 g/mol. The maximum absolute atomic E-state index is 13.3. The lowest BCUT2D eigenvalue weighted by Gasteiger charge is -2.28. The maximum Gasteiger partial charge on any atom is 0.243 e. The Kier molecular flexibility index (Phi) is 8.86. The van der Waals surface area contributed by atoms with E-state index in [1.807, 2.05) is 71.9 Å². The molecule has 1 saturated heterocycles.